The van der Waals surface area contributed by atoms with Crippen LogP contribution in [0.5, 0.6) is 0 Å². The minimum atomic E-state index is -1.36. The normalized spacial score (nSPS) is 9.31. The Labute approximate surface area is 132 Å². The molecule has 0 heterocycles. The predicted molar refractivity (Wildman–Crippen MR) is 65.0 cm³/mol. The van der Waals surface area contributed by atoms with Crippen LogP contribution in [0.4, 0.5) is 0 Å². The molecule has 0 spiro atoms. The molecule has 1 aromatic carbocycles. The quantitative estimate of drug-likeness (QED) is 0.658. The number of Topliss-reactive ketones (excluding diaryl/α,β-unsaturated/α-hetero) is 1. The van der Waals surface area contributed by atoms with Crippen LogP contribution < -0.4 is 0 Å². The fraction of sp³-hybridized carbons (Fsp3) is 0.273. The molecule has 0 aliphatic heterocycles. The van der Waals surface area contributed by atoms with Gasteiger partial charge in [-0.15, -0.1) is 0 Å². The maximum atomic E-state index is 10.8. The van der Waals surface area contributed by atoms with Gasteiger partial charge in [0.1, 0.15) is 0 Å². The van der Waals surface area contributed by atoms with E-state index in [2.05, 4.69) is 0 Å². The van der Waals surface area contributed by atoms with Crippen LogP contribution in [0.15, 0.2) is 24.3 Å². The van der Waals surface area contributed by atoms with E-state index >= 15 is 0 Å². The van der Waals surface area contributed by atoms with Gasteiger partial charge in [0.25, 0.3) is 0 Å². The van der Waals surface area contributed by atoms with Crippen molar-refractivity contribution in [1.82, 2.24) is 0 Å². The number of aryl methyl sites for hydroxylation is 1. The van der Waals surface area contributed by atoms with Crippen LogP contribution >= 0.6 is 11.6 Å². The van der Waals surface area contributed by atoms with Crippen molar-refractivity contribution in [2.24, 2.45) is 0 Å². The second-order valence-corrected chi connectivity index (χ2v) is 3.64. The zero-order chi connectivity index (χ0) is 11.3. The minimum absolute atomic E-state index is 0. The molecule has 0 bridgehead atoms. The molecule has 0 aliphatic carbocycles. The van der Waals surface area contributed by atoms with Crippen LogP contribution in [0.1, 0.15) is 21.3 Å². The van der Waals surface area contributed by atoms with Crippen LogP contribution in [0, 0.1) is 0 Å². The molecule has 3 nitrogen and oxygen atoms in total. The molecule has 0 fully saturated rings. The molecule has 84 valence electrons. The van der Waals surface area contributed by atoms with E-state index in [1.165, 1.54) is 0 Å². The van der Waals surface area contributed by atoms with Crippen LogP contribution in [0.2, 0.25) is 5.02 Å². The van der Waals surface area contributed by atoms with Gasteiger partial charge in [-0.05, 0) is 30.5 Å². The summed E-state index contributed by atoms with van der Waals surface area (Å²) in [6.07, 6.45) is 1.32. The van der Waals surface area contributed by atoms with Gasteiger partial charge in [0.15, 0.2) is 0 Å². The van der Waals surface area contributed by atoms with E-state index in [0.29, 0.717) is 17.9 Å². The van der Waals surface area contributed by atoms with Crippen molar-refractivity contribution in [3.63, 3.8) is 0 Å². The summed E-state index contributed by atoms with van der Waals surface area (Å²) in [4.78, 5) is 21.0. The zero-order valence-corrected chi connectivity index (χ0v) is 11.7. The van der Waals surface area contributed by atoms with Gasteiger partial charge >= 0.3 is 43.7 Å². The zero-order valence-electron chi connectivity index (χ0n) is 10.8. The smallest absolute Gasteiger partial charge is 1.00 e. The van der Waals surface area contributed by atoms with Gasteiger partial charge in [0.05, 0.1) is 0 Å². The number of carbonyl (C=O) groups is 2. The Morgan fingerprint density at radius 2 is 1.81 bits per heavy atom. The molecule has 1 rings (SSSR count). The number of benzene rings is 1. The van der Waals surface area contributed by atoms with Crippen molar-refractivity contribution in [1.29, 1.82) is 0 Å². The number of aliphatic carboxylic acids is 1. The third-order valence-electron chi connectivity index (χ3n) is 2.02. The van der Waals surface area contributed by atoms with E-state index < -0.39 is 11.8 Å². The fourth-order valence-electron chi connectivity index (χ4n) is 1.21. The fourth-order valence-corrected chi connectivity index (χ4v) is 1.34. The maximum absolute atomic E-state index is 10.8. The first kappa shape index (κ1) is 15.9. The average molecular weight is 269 g/mol. The van der Waals surface area contributed by atoms with Gasteiger partial charge in [0, 0.05) is 11.4 Å². The van der Waals surface area contributed by atoms with Crippen molar-refractivity contribution < 1.29 is 17.5 Å². The number of hydrogen-bond donors (Lipinski definition) is 1. The van der Waals surface area contributed by atoms with Crippen LogP contribution in [-0.4, -0.2) is 54.6 Å². The summed E-state index contributed by atoms with van der Waals surface area (Å²) in [6, 6.07) is 7.28. The first-order valence-electron chi connectivity index (χ1n) is 4.60. The molecule has 5 heteroatoms. The van der Waals surface area contributed by atoms with Crippen LogP contribution in [0.3, 0.4) is 0 Å². The van der Waals surface area contributed by atoms with Gasteiger partial charge in [-0.2, -0.15) is 0 Å². The molecule has 0 atom stereocenters. The van der Waals surface area contributed by atoms with Crippen molar-refractivity contribution >= 4 is 61.1 Å². The van der Waals surface area contributed by atoms with Gasteiger partial charge in [-0.1, -0.05) is 23.7 Å². The summed E-state index contributed by atoms with van der Waals surface area (Å²) in [7, 11) is 0. The van der Waals surface area contributed by atoms with Crippen molar-refractivity contribution in [2.45, 2.75) is 19.3 Å². The first-order valence-corrected chi connectivity index (χ1v) is 4.98. The molecule has 0 saturated carbocycles. The molecule has 1 aromatic rings. The minimum Gasteiger partial charge on any atom is -1.00 e. The number of carboxylic acids is 1. The summed E-state index contributed by atoms with van der Waals surface area (Å²) >= 11 is 5.71. The Morgan fingerprint density at radius 3 is 2.31 bits per heavy atom. The molecule has 0 amide bonds. The second kappa shape index (κ2) is 8.07. The number of ketones is 1. The third-order valence-corrected chi connectivity index (χ3v) is 2.27. The third kappa shape index (κ3) is 5.85. The SMILES string of the molecule is O=C(O)C(=O)CCCc1ccc(Cl)cc1.[Ca+2].[H-].[H-]. The molecule has 0 aliphatic rings. The summed E-state index contributed by atoms with van der Waals surface area (Å²) in [6.45, 7) is 0. The summed E-state index contributed by atoms with van der Waals surface area (Å²) in [5.74, 6) is -2.09. The van der Waals surface area contributed by atoms with Crippen LogP contribution in [0.25, 0.3) is 0 Å². The maximum Gasteiger partial charge on any atom is 2.00 e. The van der Waals surface area contributed by atoms with E-state index in [1.54, 1.807) is 12.1 Å². The molecule has 0 saturated heterocycles. The predicted octanol–water partition coefficient (Wildman–Crippen LogP) is 2.16. The van der Waals surface area contributed by atoms with Gasteiger partial charge in [-0.3, -0.25) is 4.79 Å². The van der Waals surface area contributed by atoms with Gasteiger partial charge in [-0.25, -0.2) is 4.79 Å². The summed E-state index contributed by atoms with van der Waals surface area (Å²) < 4.78 is 0. The van der Waals surface area contributed by atoms with Crippen LogP contribution in [-0.2, 0) is 16.0 Å². The Balaban J connectivity index is -0.000000750. The van der Waals surface area contributed by atoms with E-state index in [9.17, 15) is 9.59 Å². The Bertz CT molecular complexity index is 371. The number of carboxylic acid groups (broad SMARTS) is 1. The summed E-state index contributed by atoms with van der Waals surface area (Å²) in [5.41, 5.74) is 1.05. The van der Waals surface area contributed by atoms with Gasteiger partial charge in [0.2, 0.25) is 5.78 Å². The van der Waals surface area contributed by atoms with Crippen molar-refractivity contribution in [3.05, 3.63) is 34.9 Å². The molecular formula is C11H13CaClO3. The number of hydrogen-bond acceptors (Lipinski definition) is 2. The second-order valence-electron chi connectivity index (χ2n) is 3.21. The monoisotopic (exact) mass is 268 g/mol. The molecule has 1 N–H and O–H groups in total. The Hall–Kier alpha value is -0.0903. The Kier molecular flexibility index (Phi) is 8.02. The number of carbonyl (C=O) groups excluding carboxylic acids is 1. The van der Waals surface area contributed by atoms with E-state index in [1.807, 2.05) is 12.1 Å². The van der Waals surface area contributed by atoms with Gasteiger partial charge < -0.3 is 7.96 Å². The van der Waals surface area contributed by atoms with E-state index in [4.69, 9.17) is 16.7 Å². The molecule has 0 unspecified atom stereocenters. The molecule has 16 heavy (non-hydrogen) atoms. The standard InChI is InChI=1S/C11H11ClO3.Ca.2H/c12-9-6-4-8(5-7-9)2-1-3-10(13)11(14)15;;;/h4-7H,1-3H2,(H,14,15);;;/q;+2;2*-1. The number of rotatable bonds is 5. The largest absolute Gasteiger partial charge is 2.00 e. The molecule has 0 aromatic heterocycles. The average Bonchev–Trinajstić information content (AvgIpc) is 2.20. The van der Waals surface area contributed by atoms with E-state index in [-0.39, 0.29) is 47.0 Å². The van der Waals surface area contributed by atoms with Crippen molar-refractivity contribution in [3.8, 4) is 0 Å². The summed E-state index contributed by atoms with van der Waals surface area (Å²) in [5, 5.41) is 9.02. The van der Waals surface area contributed by atoms with Crippen molar-refractivity contribution in [2.75, 3.05) is 0 Å². The molecule has 0 radical (unpaired) electrons. The Morgan fingerprint density at radius 1 is 1.25 bits per heavy atom. The molecular weight excluding hydrogens is 256 g/mol. The topological polar surface area (TPSA) is 54.4 Å². The number of halogens is 1. The first-order chi connectivity index (χ1) is 7.09. The van der Waals surface area contributed by atoms with E-state index in [0.717, 1.165) is 5.56 Å².